The van der Waals surface area contributed by atoms with Gasteiger partial charge in [0.15, 0.2) is 0 Å². The first-order valence-corrected chi connectivity index (χ1v) is 10.6. The summed E-state index contributed by atoms with van der Waals surface area (Å²) in [6.07, 6.45) is 2.44. The molecule has 1 N–H and O–H groups in total. The van der Waals surface area contributed by atoms with Gasteiger partial charge in [0.05, 0.1) is 36.9 Å². The maximum Gasteiger partial charge on any atom is 0.264 e. The Balaban J connectivity index is 1.99. The fourth-order valence-electron chi connectivity index (χ4n) is 3.07. The minimum absolute atomic E-state index is 0.131. The Hall–Kier alpha value is -2.84. The van der Waals surface area contributed by atoms with Gasteiger partial charge in [0.1, 0.15) is 11.6 Å². The van der Waals surface area contributed by atoms with Gasteiger partial charge in [-0.25, -0.2) is 13.4 Å². The van der Waals surface area contributed by atoms with Crippen molar-refractivity contribution in [3.8, 4) is 5.75 Å². The van der Waals surface area contributed by atoms with E-state index in [0.717, 1.165) is 11.4 Å². The maximum atomic E-state index is 13.5. The van der Waals surface area contributed by atoms with E-state index < -0.39 is 16.1 Å². The first-order valence-electron chi connectivity index (χ1n) is 9.21. The predicted molar refractivity (Wildman–Crippen MR) is 112 cm³/mol. The zero-order valence-electron chi connectivity index (χ0n) is 16.7. The van der Waals surface area contributed by atoms with Gasteiger partial charge in [0, 0.05) is 12.4 Å². The number of aliphatic hydroxyl groups is 1. The number of benzene rings is 2. The van der Waals surface area contributed by atoms with Crippen LogP contribution in [0.5, 0.6) is 5.75 Å². The Morgan fingerprint density at radius 2 is 1.83 bits per heavy atom. The molecule has 8 heteroatoms. The number of imidazole rings is 1. The molecule has 3 aromatic rings. The van der Waals surface area contributed by atoms with Crippen molar-refractivity contribution in [1.82, 2.24) is 9.55 Å². The molecule has 1 atom stereocenters. The van der Waals surface area contributed by atoms with E-state index in [1.54, 1.807) is 65.5 Å². The summed E-state index contributed by atoms with van der Waals surface area (Å²) in [6.45, 7) is 3.81. The number of hydrogen-bond acceptors (Lipinski definition) is 5. The number of anilines is 1. The number of hydrogen-bond donors (Lipinski definition) is 1. The van der Waals surface area contributed by atoms with Crippen molar-refractivity contribution in [2.75, 3.05) is 18.0 Å². The molecule has 0 bridgehead atoms. The Morgan fingerprint density at radius 3 is 2.45 bits per heavy atom. The van der Waals surface area contributed by atoms with E-state index in [4.69, 9.17) is 4.74 Å². The van der Waals surface area contributed by atoms with Crippen molar-refractivity contribution < 1.29 is 18.3 Å². The van der Waals surface area contributed by atoms with E-state index in [0.29, 0.717) is 11.4 Å². The lowest BCUT2D eigenvalue weighted by molar-refractivity contribution is 0.162. The highest BCUT2D eigenvalue weighted by Crippen LogP contribution is 2.32. The number of aromatic nitrogens is 2. The quantitative estimate of drug-likeness (QED) is 0.612. The second-order valence-electron chi connectivity index (χ2n) is 6.80. The molecular formula is C21H25N3O4S. The molecule has 0 spiro atoms. The van der Waals surface area contributed by atoms with Crippen LogP contribution >= 0.6 is 0 Å². The summed E-state index contributed by atoms with van der Waals surface area (Å²) in [5.74, 6) is 1.16. The van der Waals surface area contributed by atoms with Crippen molar-refractivity contribution in [2.45, 2.75) is 31.4 Å². The first kappa shape index (κ1) is 20.9. The average Bonchev–Trinajstić information content (AvgIpc) is 3.10. The predicted octanol–water partition coefficient (Wildman–Crippen LogP) is 2.76. The molecular weight excluding hydrogens is 390 g/mol. The molecule has 1 heterocycles. The number of nitrogens with zero attached hydrogens (tertiary/aromatic N) is 3. The van der Waals surface area contributed by atoms with Crippen LogP contribution in [0.3, 0.4) is 0 Å². The van der Waals surface area contributed by atoms with Crippen LogP contribution in [-0.4, -0.2) is 42.8 Å². The topological polar surface area (TPSA) is 84.7 Å². The first-order chi connectivity index (χ1) is 13.8. The highest BCUT2D eigenvalue weighted by atomic mass is 32.2. The fourth-order valence-corrected chi connectivity index (χ4v) is 4.58. The van der Waals surface area contributed by atoms with Gasteiger partial charge < -0.3 is 14.4 Å². The third-order valence-electron chi connectivity index (χ3n) is 4.67. The summed E-state index contributed by atoms with van der Waals surface area (Å²) >= 11 is 0. The highest BCUT2D eigenvalue weighted by molar-refractivity contribution is 7.92. The average molecular weight is 416 g/mol. The van der Waals surface area contributed by atoms with E-state index in [1.807, 2.05) is 13.8 Å². The number of para-hydroxylation sites is 2. The van der Waals surface area contributed by atoms with Crippen LogP contribution in [0.4, 0.5) is 5.69 Å². The van der Waals surface area contributed by atoms with Crippen LogP contribution in [0.15, 0.2) is 65.8 Å². The number of aliphatic hydroxyl groups excluding tert-OH is 1. The standard InChI is InChI=1S/C21H25N3O4S/c1-16-8-10-19(11-9-16)29(26,27)24(20-6-4-5-7-21(20)28-3)15-18(25)14-23-13-12-22-17(23)2/h4-13,18,25H,14-15H2,1-3H3/t18-/m0/s1. The molecule has 0 amide bonds. The van der Waals surface area contributed by atoms with Gasteiger partial charge in [-0.1, -0.05) is 29.8 Å². The third kappa shape index (κ3) is 4.60. The van der Waals surface area contributed by atoms with Crippen molar-refractivity contribution in [2.24, 2.45) is 0 Å². The Kier molecular flexibility index (Phi) is 6.24. The van der Waals surface area contributed by atoms with Gasteiger partial charge in [-0.3, -0.25) is 4.31 Å². The Bertz CT molecular complexity index is 1060. The van der Waals surface area contributed by atoms with E-state index in [-0.39, 0.29) is 18.0 Å². The molecule has 0 fully saturated rings. The van der Waals surface area contributed by atoms with E-state index in [2.05, 4.69) is 4.98 Å². The molecule has 1 aromatic heterocycles. The lowest BCUT2D eigenvalue weighted by Gasteiger charge is -2.28. The summed E-state index contributed by atoms with van der Waals surface area (Å²) < 4.78 is 35.3. The van der Waals surface area contributed by atoms with Crippen LogP contribution in [-0.2, 0) is 16.6 Å². The smallest absolute Gasteiger partial charge is 0.264 e. The van der Waals surface area contributed by atoms with Gasteiger partial charge in [-0.05, 0) is 38.1 Å². The summed E-state index contributed by atoms with van der Waals surface area (Å²) in [5.41, 5.74) is 1.33. The number of rotatable bonds is 8. The summed E-state index contributed by atoms with van der Waals surface area (Å²) in [6, 6.07) is 13.5. The lowest BCUT2D eigenvalue weighted by Crippen LogP contribution is -2.39. The minimum Gasteiger partial charge on any atom is -0.495 e. The Morgan fingerprint density at radius 1 is 1.14 bits per heavy atom. The van der Waals surface area contributed by atoms with Gasteiger partial charge in [-0.2, -0.15) is 0 Å². The lowest BCUT2D eigenvalue weighted by atomic mass is 10.2. The zero-order valence-corrected chi connectivity index (χ0v) is 17.5. The zero-order chi connectivity index (χ0) is 21.0. The van der Waals surface area contributed by atoms with E-state index >= 15 is 0 Å². The SMILES string of the molecule is COc1ccccc1N(C[C@@H](O)Cn1ccnc1C)S(=O)(=O)c1ccc(C)cc1. The molecule has 7 nitrogen and oxygen atoms in total. The second-order valence-corrected chi connectivity index (χ2v) is 8.66. The molecule has 0 radical (unpaired) electrons. The summed E-state index contributed by atoms with van der Waals surface area (Å²) in [7, 11) is -2.43. The van der Waals surface area contributed by atoms with Crippen LogP contribution in [0.1, 0.15) is 11.4 Å². The summed E-state index contributed by atoms with van der Waals surface area (Å²) in [5, 5.41) is 10.7. The minimum atomic E-state index is -3.92. The highest BCUT2D eigenvalue weighted by Gasteiger charge is 2.29. The molecule has 0 aliphatic carbocycles. The normalized spacial score (nSPS) is 12.6. The van der Waals surface area contributed by atoms with Crippen molar-refractivity contribution >= 4 is 15.7 Å². The molecule has 2 aromatic carbocycles. The molecule has 154 valence electrons. The van der Waals surface area contributed by atoms with Gasteiger partial charge in [0.2, 0.25) is 0 Å². The van der Waals surface area contributed by atoms with Crippen LogP contribution in [0.2, 0.25) is 0 Å². The third-order valence-corrected chi connectivity index (χ3v) is 6.46. The molecule has 0 unspecified atom stereocenters. The van der Waals surface area contributed by atoms with Crippen molar-refractivity contribution in [3.63, 3.8) is 0 Å². The fraction of sp³-hybridized carbons (Fsp3) is 0.286. The number of aryl methyl sites for hydroxylation is 2. The second kappa shape index (κ2) is 8.67. The molecule has 3 rings (SSSR count). The van der Waals surface area contributed by atoms with Gasteiger partial charge >= 0.3 is 0 Å². The maximum absolute atomic E-state index is 13.5. The van der Waals surface area contributed by atoms with Crippen LogP contribution < -0.4 is 9.04 Å². The molecule has 0 aliphatic rings. The largest absolute Gasteiger partial charge is 0.495 e. The van der Waals surface area contributed by atoms with Gasteiger partial charge in [0.25, 0.3) is 10.0 Å². The van der Waals surface area contributed by atoms with Crippen molar-refractivity contribution in [1.29, 1.82) is 0 Å². The van der Waals surface area contributed by atoms with Crippen LogP contribution in [0.25, 0.3) is 0 Å². The monoisotopic (exact) mass is 415 g/mol. The molecule has 29 heavy (non-hydrogen) atoms. The number of ether oxygens (including phenoxy) is 1. The van der Waals surface area contributed by atoms with Gasteiger partial charge in [-0.15, -0.1) is 0 Å². The molecule has 0 saturated heterocycles. The van der Waals surface area contributed by atoms with Crippen molar-refractivity contribution in [3.05, 3.63) is 72.3 Å². The molecule has 0 aliphatic heterocycles. The summed E-state index contributed by atoms with van der Waals surface area (Å²) in [4.78, 5) is 4.29. The Labute approximate surface area is 171 Å². The van der Waals surface area contributed by atoms with E-state index in [1.165, 1.54) is 11.4 Å². The number of methoxy groups -OCH3 is 1. The van der Waals surface area contributed by atoms with Crippen LogP contribution in [0, 0.1) is 13.8 Å². The number of sulfonamides is 1. The van der Waals surface area contributed by atoms with E-state index in [9.17, 15) is 13.5 Å². The molecule has 0 saturated carbocycles.